The molecule has 2 aliphatic rings. The number of carbonyl (C=O) groups excluding carboxylic acids is 1. The summed E-state index contributed by atoms with van der Waals surface area (Å²) in [5, 5.41) is 5.10. The Kier molecular flexibility index (Phi) is 4.70. The molecule has 2 N–H and O–H groups in total. The summed E-state index contributed by atoms with van der Waals surface area (Å²) in [5.74, 6) is -0.389. The number of amides is 1. The standard InChI is InChI=1S/C16H23N3O3S/c17-23(21,22)12-14-9-16(20)19(11-14)15-5-3-4-13(8-15)10-18-6-1-2-7-18/h3-5,8,14H,1-2,6-7,9-12H2,(H2,17,21,22). The lowest BCUT2D eigenvalue weighted by atomic mass is 10.1. The first-order chi connectivity index (χ1) is 10.9. The second kappa shape index (κ2) is 6.59. The van der Waals surface area contributed by atoms with Crippen LogP contribution in [0.25, 0.3) is 0 Å². The van der Waals surface area contributed by atoms with Crippen LogP contribution in [-0.2, 0) is 21.4 Å². The fraction of sp³-hybridized carbons (Fsp3) is 0.562. The van der Waals surface area contributed by atoms with Crippen molar-refractivity contribution in [3.8, 4) is 0 Å². The number of rotatable bonds is 5. The van der Waals surface area contributed by atoms with Gasteiger partial charge in [-0.25, -0.2) is 13.6 Å². The van der Waals surface area contributed by atoms with E-state index in [1.807, 2.05) is 18.2 Å². The minimum atomic E-state index is -3.55. The van der Waals surface area contributed by atoms with Crippen LogP contribution < -0.4 is 10.0 Å². The van der Waals surface area contributed by atoms with Crippen molar-refractivity contribution in [2.45, 2.75) is 25.8 Å². The molecule has 2 saturated heterocycles. The summed E-state index contributed by atoms with van der Waals surface area (Å²) in [6, 6.07) is 7.98. The fourth-order valence-corrected chi connectivity index (χ4v) is 4.37. The van der Waals surface area contributed by atoms with E-state index in [1.165, 1.54) is 18.4 Å². The van der Waals surface area contributed by atoms with E-state index >= 15 is 0 Å². The maximum atomic E-state index is 12.2. The van der Waals surface area contributed by atoms with Crippen molar-refractivity contribution in [3.05, 3.63) is 29.8 Å². The lowest BCUT2D eigenvalue weighted by Crippen LogP contribution is -2.27. The Labute approximate surface area is 137 Å². The third-order valence-corrected chi connectivity index (χ3v) is 5.44. The number of primary sulfonamides is 1. The van der Waals surface area contributed by atoms with E-state index in [2.05, 4.69) is 11.0 Å². The van der Waals surface area contributed by atoms with Gasteiger partial charge < -0.3 is 4.90 Å². The Morgan fingerprint density at radius 3 is 2.65 bits per heavy atom. The first-order valence-corrected chi connectivity index (χ1v) is 9.74. The molecule has 1 atom stereocenters. The van der Waals surface area contributed by atoms with E-state index in [1.54, 1.807) is 4.90 Å². The Balaban J connectivity index is 1.70. The Bertz CT molecular complexity index is 684. The zero-order valence-corrected chi connectivity index (χ0v) is 14.0. The van der Waals surface area contributed by atoms with Gasteiger partial charge in [0.1, 0.15) is 0 Å². The summed E-state index contributed by atoms with van der Waals surface area (Å²) in [5.41, 5.74) is 2.04. The van der Waals surface area contributed by atoms with E-state index in [0.717, 1.165) is 25.3 Å². The number of carbonyl (C=O) groups is 1. The number of anilines is 1. The highest BCUT2D eigenvalue weighted by Crippen LogP contribution is 2.27. The van der Waals surface area contributed by atoms with Crippen molar-refractivity contribution in [3.63, 3.8) is 0 Å². The van der Waals surface area contributed by atoms with Crippen molar-refractivity contribution in [1.29, 1.82) is 0 Å². The minimum absolute atomic E-state index is 0.0306. The second-order valence-corrected chi connectivity index (χ2v) is 8.22. The van der Waals surface area contributed by atoms with Gasteiger partial charge >= 0.3 is 0 Å². The van der Waals surface area contributed by atoms with Crippen molar-refractivity contribution in [1.82, 2.24) is 4.90 Å². The Morgan fingerprint density at radius 2 is 1.96 bits per heavy atom. The largest absolute Gasteiger partial charge is 0.312 e. The molecule has 2 heterocycles. The SMILES string of the molecule is NS(=O)(=O)CC1CC(=O)N(c2cccc(CN3CCCC3)c2)C1. The monoisotopic (exact) mass is 337 g/mol. The van der Waals surface area contributed by atoms with Crippen LogP contribution in [0.5, 0.6) is 0 Å². The van der Waals surface area contributed by atoms with Gasteiger partial charge in [-0.2, -0.15) is 0 Å². The molecule has 1 unspecified atom stereocenters. The van der Waals surface area contributed by atoms with Crippen LogP contribution in [0.1, 0.15) is 24.8 Å². The fourth-order valence-electron chi connectivity index (χ4n) is 3.49. The van der Waals surface area contributed by atoms with Gasteiger partial charge in [-0.3, -0.25) is 9.69 Å². The number of likely N-dealkylation sites (tertiary alicyclic amines) is 1. The predicted molar refractivity (Wildman–Crippen MR) is 89.4 cm³/mol. The molecule has 1 aromatic rings. The van der Waals surface area contributed by atoms with Crippen LogP contribution in [-0.4, -0.2) is 44.6 Å². The summed E-state index contributed by atoms with van der Waals surface area (Å²) in [6.45, 7) is 3.57. The summed E-state index contributed by atoms with van der Waals surface area (Å²) in [4.78, 5) is 16.3. The highest BCUT2D eigenvalue weighted by molar-refractivity contribution is 7.89. The van der Waals surface area contributed by atoms with E-state index < -0.39 is 10.0 Å². The molecule has 0 aliphatic carbocycles. The van der Waals surface area contributed by atoms with Crippen molar-refractivity contribution in [2.24, 2.45) is 11.1 Å². The molecule has 0 saturated carbocycles. The third kappa shape index (κ3) is 4.31. The molecule has 1 aromatic carbocycles. The molecule has 2 aliphatic heterocycles. The Morgan fingerprint density at radius 1 is 1.22 bits per heavy atom. The second-order valence-electron chi connectivity index (χ2n) is 6.56. The maximum Gasteiger partial charge on any atom is 0.227 e. The summed E-state index contributed by atoms with van der Waals surface area (Å²) >= 11 is 0. The molecule has 0 spiro atoms. The normalized spacial score (nSPS) is 22.9. The molecule has 2 fully saturated rings. The van der Waals surface area contributed by atoms with Gasteiger partial charge in [0.15, 0.2) is 0 Å². The molecule has 0 aromatic heterocycles. The molecule has 1 amide bonds. The number of nitrogens with zero attached hydrogens (tertiary/aromatic N) is 2. The summed E-state index contributed by atoms with van der Waals surface area (Å²) < 4.78 is 22.5. The molecule has 6 nitrogen and oxygen atoms in total. The lowest BCUT2D eigenvalue weighted by Gasteiger charge is -2.19. The van der Waals surface area contributed by atoms with Crippen molar-refractivity contribution >= 4 is 21.6 Å². The topological polar surface area (TPSA) is 83.7 Å². The van der Waals surface area contributed by atoms with Crippen molar-refractivity contribution in [2.75, 3.05) is 30.3 Å². The van der Waals surface area contributed by atoms with Crippen LogP contribution in [0.2, 0.25) is 0 Å². The van der Waals surface area contributed by atoms with Gasteiger partial charge in [-0.1, -0.05) is 12.1 Å². The zero-order valence-electron chi connectivity index (χ0n) is 13.1. The highest BCUT2D eigenvalue weighted by Gasteiger charge is 2.32. The molecule has 126 valence electrons. The van der Waals surface area contributed by atoms with E-state index in [0.29, 0.717) is 6.54 Å². The van der Waals surface area contributed by atoms with Gasteiger partial charge in [0, 0.05) is 31.1 Å². The molecular formula is C16H23N3O3S. The van der Waals surface area contributed by atoms with Gasteiger partial charge in [-0.15, -0.1) is 0 Å². The molecule has 0 radical (unpaired) electrons. The average molecular weight is 337 g/mol. The van der Waals surface area contributed by atoms with Gasteiger partial charge in [0.25, 0.3) is 0 Å². The number of hydrogen-bond donors (Lipinski definition) is 1. The van der Waals surface area contributed by atoms with E-state index in [4.69, 9.17) is 5.14 Å². The highest BCUT2D eigenvalue weighted by atomic mass is 32.2. The van der Waals surface area contributed by atoms with Crippen LogP contribution >= 0.6 is 0 Å². The number of hydrogen-bond acceptors (Lipinski definition) is 4. The van der Waals surface area contributed by atoms with Crippen LogP contribution in [0, 0.1) is 5.92 Å². The van der Waals surface area contributed by atoms with Gasteiger partial charge in [-0.05, 0) is 43.6 Å². The number of sulfonamides is 1. The minimum Gasteiger partial charge on any atom is -0.312 e. The number of nitrogens with two attached hydrogens (primary N) is 1. The predicted octanol–water partition coefficient (Wildman–Crippen LogP) is 0.924. The molecule has 7 heteroatoms. The lowest BCUT2D eigenvalue weighted by molar-refractivity contribution is -0.117. The summed E-state index contributed by atoms with van der Waals surface area (Å²) in [6.07, 6.45) is 2.74. The summed E-state index contributed by atoms with van der Waals surface area (Å²) in [7, 11) is -3.55. The molecule has 0 bridgehead atoms. The van der Waals surface area contributed by atoms with E-state index in [9.17, 15) is 13.2 Å². The van der Waals surface area contributed by atoms with Gasteiger partial charge in [0.2, 0.25) is 15.9 Å². The van der Waals surface area contributed by atoms with Crippen LogP contribution in [0.3, 0.4) is 0 Å². The quantitative estimate of drug-likeness (QED) is 0.866. The molecule has 23 heavy (non-hydrogen) atoms. The van der Waals surface area contributed by atoms with E-state index in [-0.39, 0.29) is 24.0 Å². The Hall–Kier alpha value is -1.44. The molecular weight excluding hydrogens is 314 g/mol. The third-order valence-electron chi connectivity index (χ3n) is 4.50. The number of benzene rings is 1. The maximum absolute atomic E-state index is 12.2. The van der Waals surface area contributed by atoms with Crippen LogP contribution in [0.15, 0.2) is 24.3 Å². The van der Waals surface area contributed by atoms with Gasteiger partial charge in [0.05, 0.1) is 5.75 Å². The average Bonchev–Trinajstić information content (AvgIpc) is 3.07. The first kappa shape index (κ1) is 16.4. The van der Waals surface area contributed by atoms with Crippen LogP contribution in [0.4, 0.5) is 5.69 Å². The first-order valence-electron chi connectivity index (χ1n) is 8.03. The smallest absolute Gasteiger partial charge is 0.227 e. The zero-order chi connectivity index (χ0) is 16.4. The van der Waals surface area contributed by atoms with Crippen molar-refractivity contribution < 1.29 is 13.2 Å². The molecule has 3 rings (SSSR count).